The highest BCUT2D eigenvalue weighted by atomic mass is 16.7. The molecular weight excluding hydrogens is 1060 g/mol. The van der Waals surface area contributed by atoms with Gasteiger partial charge in [-0.05, 0) is 70.2 Å². The fraction of sp³-hybridized carbons (Fsp3) is 0.474. The Balaban J connectivity index is 1.43. The molecule has 2 N–H and O–H groups in total. The maximum absolute atomic E-state index is 15.3. The molecule has 4 aromatic rings. The van der Waals surface area contributed by atoms with Crippen LogP contribution in [0.15, 0.2) is 79.3 Å². The summed E-state index contributed by atoms with van der Waals surface area (Å²) in [6.07, 6.45) is -10.3. The minimum atomic E-state index is -3.09. The van der Waals surface area contributed by atoms with Crippen LogP contribution in [0, 0.1) is 17.3 Å². The minimum Gasteiger partial charge on any atom is -0.493 e. The third kappa shape index (κ3) is 9.50. The van der Waals surface area contributed by atoms with Crippen molar-refractivity contribution in [3.05, 3.63) is 113 Å². The first-order valence-electron chi connectivity index (χ1n) is 25.7. The third-order valence-corrected chi connectivity index (χ3v) is 16.0. The zero-order chi connectivity index (χ0) is 58.7. The summed E-state index contributed by atoms with van der Waals surface area (Å²) in [5.41, 5.74) is -14.5. The van der Waals surface area contributed by atoms with Gasteiger partial charge in [-0.15, -0.1) is 0 Å². The molecule has 2 aromatic carbocycles. The average Bonchev–Trinajstić information content (AvgIpc) is 2.63. The highest BCUT2D eigenvalue weighted by Gasteiger charge is 2.91. The Hall–Kier alpha value is -8.22. The normalized spacial score (nSPS) is 31.6. The number of hydrogen-bond acceptors (Lipinski definition) is 24. The number of aliphatic hydroxyl groups is 2. The summed E-state index contributed by atoms with van der Waals surface area (Å²) in [6.45, 7) is 6.89. The van der Waals surface area contributed by atoms with Crippen LogP contribution in [0.4, 0.5) is 0 Å². The molecule has 430 valence electrons. The molecule has 6 aliphatic rings. The number of pyridine rings is 2. The van der Waals surface area contributed by atoms with Gasteiger partial charge < -0.3 is 67.1 Å². The van der Waals surface area contributed by atoms with Gasteiger partial charge in [0.05, 0.1) is 60.1 Å². The molecular formula is C57H60N2O22. The quantitative estimate of drug-likeness (QED) is 0.186. The van der Waals surface area contributed by atoms with Crippen molar-refractivity contribution in [3.63, 3.8) is 0 Å². The Morgan fingerprint density at radius 1 is 0.753 bits per heavy atom. The molecule has 4 aliphatic heterocycles. The second-order valence-corrected chi connectivity index (χ2v) is 21.4. The van der Waals surface area contributed by atoms with E-state index in [4.69, 9.17) is 56.8 Å². The molecule has 2 spiro atoms. The number of cyclic esters (lactones) is 1. The number of ether oxygens (including phenoxy) is 12. The van der Waals surface area contributed by atoms with Crippen molar-refractivity contribution in [1.82, 2.24) is 9.97 Å². The Morgan fingerprint density at radius 3 is 2.07 bits per heavy atom. The van der Waals surface area contributed by atoms with Gasteiger partial charge in [0.15, 0.2) is 35.9 Å². The predicted molar refractivity (Wildman–Crippen MR) is 271 cm³/mol. The third-order valence-electron chi connectivity index (χ3n) is 16.0. The van der Waals surface area contributed by atoms with Crippen molar-refractivity contribution in [2.24, 2.45) is 17.3 Å². The number of hydrogen-bond donors (Lipinski definition) is 2. The van der Waals surface area contributed by atoms with Crippen molar-refractivity contribution >= 4 is 47.8 Å². The fourth-order valence-electron chi connectivity index (χ4n) is 12.1. The van der Waals surface area contributed by atoms with Crippen molar-refractivity contribution in [2.75, 3.05) is 27.4 Å². The molecule has 3 fully saturated rings. The maximum Gasteiger partial charge on any atom is 0.350 e. The first-order valence-corrected chi connectivity index (χ1v) is 25.7. The van der Waals surface area contributed by atoms with Gasteiger partial charge >= 0.3 is 47.8 Å². The fourth-order valence-corrected chi connectivity index (χ4v) is 12.1. The monoisotopic (exact) mass is 1120 g/mol. The van der Waals surface area contributed by atoms with Crippen molar-refractivity contribution in [2.45, 2.75) is 127 Å². The molecule has 13 unspecified atom stereocenters. The molecule has 6 heterocycles. The SMILES string of the molecule is COc1cc2cc(OC)c1OCc1ccncc1C(=O)OCC13C(OC(=O)C(C)(C)OC(C)=O)C(OC2=O)C2C(O)C14OC2(C)COC(=O)c1cccnc1C(C)C(C)C(=O)OC(C(OC(=O)c1ccccc1)C3OC(C)=O)C4(C)O. The average molecular weight is 1130 g/mol. The lowest BCUT2D eigenvalue weighted by atomic mass is 9.45. The molecule has 24 heteroatoms. The summed E-state index contributed by atoms with van der Waals surface area (Å²) in [5.74, 6) is -13.8. The van der Waals surface area contributed by atoms with Crippen LogP contribution in [0.2, 0.25) is 0 Å². The standard InChI is InChI=1S/C57H60N2O22/c1-27-28(2)47(63)78-44-42(77-48(64)31-15-12-11-13-16-31)46(75-29(3)60)56-26-74-51(67)35-23-58-20-18-32(35)24-72-40-36(70-9)21-33(22-37(40)71-10)49(65)76-41(45(56)79-52(68)53(5,6)80-30(4)61)38-43(62)57(56,55(44,8)69)81-54(38,7)25-73-50(66)34-17-14-19-59-39(27)34/h11-23,27-28,38,41-46,62,69H,24-26H2,1-10H3. The predicted octanol–water partition coefficient (Wildman–Crippen LogP) is 3.97. The number of fused-ring (bicyclic) bond motifs is 11. The molecule has 10 rings (SSSR count). The van der Waals surface area contributed by atoms with E-state index in [-0.39, 0.29) is 50.8 Å². The first-order chi connectivity index (χ1) is 38.3. The Bertz CT molecular complexity index is 3180. The van der Waals surface area contributed by atoms with Crippen LogP contribution in [-0.2, 0) is 68.4 Å². The molecule has 81 heavy (non-hydrogen) atoms. The van der Waals surface area contributed by atoms with Crippen LogP contribution >= 0.6 is 0 Å². The number of benzene rings is 2. The topological polar surface area (TPSA) is 314 Å². The van der Waals surface area contributed by atoms with Crippen LogP contribution < -0.4 is 14.2 Å². The van der Waals surface area contributed by atoms with Gasteiger partial charge in [-0.3, -0.25) is 24.4 Å². The molecule has 8 bridgehead atoms. The number of carbonyl (C=O) groups excluding carboxylic acids is 8. The largest absolute Gasteiger partial charge is 0.493 e. The maximum atomic E-state index is 15.3. The van der Waals surface area contributed by atoms with E-state index in [9.17, 15) is 29.4 Å². The molecule has 2 saturated carbocycles. The zero-order valence-corrected chi connectivity index (χ0v) is 45.8. The van der Waals surface area contributed by atoms with Crippen molar-refractivity contribution in [1.29, 1.82) is 0 Å². The van der Waals surface area contributed by atoms with Gasteiger partial charge in [0, 0.05) is 43.9 Å². The summed E-state index contributed by atoms with van der Waals surface area (Å²) in [7, 11) is 2.53. The Morgan fingerprint density at radius 2 is 1.42 bits per heavy atom. The van der Waals surface area contributed by atoms with E-state index >= 15 is 19.2 Å². The zero-order valence-electron chi connectivity index (χ0n) is 45.8. The summed E-state index contributed by atoms with van der Waals surface area (Å²) >= 11 is 0. The van der Waals surface area contributed by atoms with Crippen LogP contribution in [0.25, 0.3) is 0 Å². The Labute approximate surface area is 463 Å². The van der Waals surface area contributed by atoms with Crippen LogP contribution in [0.5, 0.6) is 17.2 Å². The molecule has 1 saturated heterocycles. The second kappa shape index (κ2) is 21.4. The number of esters is 8. The summed E-state index contributed by atoms with van der Waals surface area (Å²) < 4.78 is 74.8. The number of aliphatic hydroxyl groups excluding tert-OH is 1. The summed E-state index contributed by atoms with van der Waals surface area (Å²) in [6, 6.07) is 14.0. The molecule has 0 amide bonds. The van der Waals surface area contributed by atoms with Crippen LogP contribution in [-0.4, -0.2) is 154 Å². The van der Waals surface area contributed by atoms with E-state index in [1.54, 1.807) is 13.0 Å². The molecule has 2 aromatic heterocycles. The highest BCUT2D eigenvalue weighted by Crippen LogP contribution is 2.70. The smallest absolute Gasteiger partial charge is 0.350 e. The van der Waals surface area contributed by atoms with Gasteiger partial charge in [0.25, 0.3) is 0 Å². The molecule has 13 atom stereocenters. The number of rotatable bonds is 8. The lowest BCUT2D eigenvalue weighted by molar-refractivity contribution is -0.385. The van der Waals surface area contributed by atoms with E-state index in [2.05, 4.69) is 9.97 Å². The number of carbonyl (C=O) groups is 8. The number of aromatic nitrogens is 2. The van der Waals surface area contributed by atoms with E-state index in [0.717, 1.165) is 40.8 Å². The molecule has 24 nitrogen and oxygen atoms in total. The minimum absolute atomic E-state index is 0.0424. The van der Waals surface area contributed by atoms with E-state index < -0.39 is 150 Å². The van der Waals surface area contributed by atoms with Crippen molar-refractivity contribution in [3.8, 4) is 17.2 Å². The van der Waals surface area contributed by atoms with Gasteiger partial charge in [0.2, 0.25) is 11.4 Å². The van der Waals surface area contributed by atoms with Gasteiger partial charge in [-0.1, -0.05) is 32.0 Å². The Kier molecular flexibility index (Phi) is 15.1. The number of nitrogens with zero attached hydrogens (tertiary/aromatic N) is 2. The summed E-state index contributed by atoms with van der Waals surface area (Å²) in [5, 5.41) is 27.9. The van der Waals surface area contributed by atoms with Gasteiger partial charge in [0.1, 0.15) is 48.1 Å². The lowest BCUT2D eigenvalue weighted by Crippen LogP contribution is -2.89. The van der Waals surface area contributed by atoms with Crippen molar-refractivity contribution < 1.29 is 105 Å². The molecule has 0 radical (unpaired) electrons. The van der Waals surface area contributed by atoms with E-state index in [1.165, 1.54) is 95.1 Å². The van der Waals surface area contributed by atoms with Gasteiger partial charge in [-0.25, -0.2) is 24.0 Å². The van der Waals surface area contributed by atoms with E-state index in [0.29, 0.717) is 0 Å². The number of methoxy groups -OCH3 is 2. The molecule has 2 aliphatic carbocycles. The first kappa shape index (κ1) is 57.5. The van der Waals surface area contributed by atoms with Crippen LogP contribution in [0.3, 0.4) is 0 Å². The highest BCUT2D eigenvalue weighted by molar-refractivity contribution is 5.93. The lowest BCUT2D eigenvalue weighted by Gasteiger charge is -2.67. The van der Waals surface area contributed by atoms with Crippen LogP contribution in [0.1, 0.15) is 114 Å². The van der Waals surface area contributed by atoms with E-state index in [1.807, 2.05) is 0 Å². The second-order valence-electron chi connectivity index (χ2n) is 21.4. The summed E-state index contributed by atoms with van der Waals surface area (Å²) in [4.78, 5) is 125. The van der Waals surface area contributed by atoms with Gasteiger partial charge in [-0.2, -0.15) is 0 Å².